The molecular weight excluding hydrogens is 404 g/mol. The van der Waals surface area contributed by atoms with Crippen molar-refractivity contribution >= 4 is 27.5 Å². The summed E-state index contributed by atoms with van der Waals surface area (Å²) in [5.41, 5.74) is 3.16. The summed E-state index contributed by atoms with van der Waals surface area (Å²) in [5.74, 6) is -0.0411. The Morgan fingerprint density at radius 3 is 2.52 bits per heavy atom. The first-order chi connectivity index (χ1) is 12.8. The van der Waals surface area contributed by atoms with Crippen molar-refractivity contribution in [1.29, 1.82) is 0 Å². The Labute approximate surface area is 167 Å². The van der Waals surface area contributed by atoms with Crippen molar-refractivity contribution in [2.24, 2.45) is 5.41 Å². The largest absolute Gasteiger partial charge is 0.508 e. The summed E-state index contributed by atoms with van der Waals surface area (Å²) in [6, 6.07) is 16.5. The minimum absolute atomic E-state index is 0.0861. The lowest BCUT2D eigenvalue weighted by Gasteiger charge is -2.44. The molecule has 5 heteroatoms. The highest BCUT2D eigenvalue weighted by molar-refractivity contribution is 9.10. The summed E-state index contributed by atoms with van der Waals surface area (Å²) in [4.78, 5) is 15.5. The number of fused-ring (bicyclic) bond motifs is 3. The SMILES string of the molecule is CC(C)(C)[C@H]1c2cccn2-c2ccc(Br)cc2N1C(=O)c1cccc(O)c1. The molecule has 0 bridgehead atoms. The molecule has 1 amide bonds. The molecule has 4 rings (SSSR count). The number of hydrogen-bond acceptors (Lipinski definition) is 2. The minimum atomic E-state index is -0.192. The molecule has 2 heterocycles. The van der Waals surface area contributed by atoms with E-state index in [0.29, 0.717) is 5.56 Å². The van der Waals surface area contributed by atoms with Crippen molar-refractivity contribution in [2.45, 2.75) is 26.8 Å². The molecule has 0 saturated carbocycles. The molecule has 2 aromatic carbocycles. The average molecular weight is 425 g/mol. The molecule has 3 aromatic rings. The van der Waals surface area contributed by atoms with Gasteiger partial charge in [-0.05, 0) is 53.9 Å². The molecule has 0 unspecified atom stereocenters. The summed E-state index contributed by atoms with van der Waals surface area (Å²) in [7, 11) is 0. The molecule has 4 nitrogen and oxygen atoms in total. The number of phenols is 1. The Hall–Kier alpha value is -2.53. The van der Waals surface area contributed by atoms with E-state index in [1.54, 1.807) is 18.2 Å². The van der Waals surface area contributed by atoms with Gasteiger partial charge in [-0.1, -0.05) is 42.8 Å². The molecule has 27 heavy (non-hydrogen) atoms. The van der Waals surface area contributed by atoms with Crippen LogP contribution >= 0.6 is 15.9 Å². The van der Waals surface area contributed by atoms with E-state index in [-0.39, 0.29) is 23.1 Å². The maximum absolute atomic E-state index is 13.6. The fraction of sp³-hybridized carbons (Fsp3) is 0.227. The standard InChI is InChI=1S/C22H21BrN2O2/c1-22(2,3)20-18-8-5-11-24(18)17-10-9-15(23)13-19(17)25(20)21(27)14-6-4-7-16(26)12-14/h4-13,20,26H,1-3H3/t20-/m1/s1. The monoisotopic (exact) mass is 424 g/mol. The maximum Gasteiger partial charge on any atom is 0.259 e. The molecule has 1 N–H and O–H groups in total. The number of nitrogens with zero attached hydrogens (tertiary/aromatic N) is 2. The summed E-state index contributed by atoms with van der Waals surface area (Å²) in [5, 5.41) is 9.87. The fourth-order valence-corrected chi connectivity index (χ4v) is 4.19. The molecule has 0 aliphatic carbocycles. The lowest BCUT2D eigenvalue weighted by Crippen LogP contribution is -2.45. The number of halogens is 1. The molecule has 0 saturated heterocycles. The number of aromatic nitrogens is 1. The van der Waals surface area contributed by atoms with Gasteiger partial charge in [0.15, 0.2) is 0 Å². The zero-order valence-electron chi connectivity index (χ0n) is 15.5. The Balaban J connectivity index is 1.97. The second-order valence-corrected chi connectivity index (χ2v) is 8.85. The van der Waals surface area contributed by atoms with Crippen LogP contribution in [0.15, 0.2) is 65.3 Å². The fourth-order valence-electron chi connectivity index (χ4n) is 3.84. The van der Waals surface area contributed by atoms with E-state index in [2.05, 4.69) is 47.3 Å². The third kappa shape index (κ3) is 2.96. The smallest absolute Gasteiger partial charge is 0.259 e. The number of carbonyl (C=O) groups is 1. The Morgan fingerprint density at radius 1 is 1.04 bits per heavy atom. The number of rotatable bonds is 1. The number of carbonyl (C=O) groups excluding carboxylic acids is 1. The number of anilines is 1. The molecule has 1 atom stereocenters. The van der Waals surface area contributed by atoms with Crippen molar-refractivity contribution in [3.63, 3.8) is 0 Å². The summed E-state index contributed by atoms with van der Waals surface area (Å²) < 4.78 is 3.07. The van der Waals surface area contributed by atoms with Gasteiger partial charge in [0.25, 0.3) is 5.91 Å². The van der Waals surface area contributed by atoms with Crippen LogP contribution in [0.3, 0.4) is 0 Å². The van der Waals surface area contributed by atoms with E-state index in [4.69, 9.17) is 0 Å². The molecule has 1 aliphatic heterocycles. The lowest BCUT2D eigenvalue weighted by molar-refractivity contribution is 0.0950. The van der Waals surface area contributed by atoms with Crippen LogP contribution < -0.4 is 4.90 Å². The van der Waals surface area contributed by atoms with Gasteiger partial charge in [-0.3, -0.25) is 9.69 Å². The third-order valence-electron chi connectivity index (χ3n) is 4.91. The summed E-state index contributed by atoms with van der Waals surface area (Å²) in [6.07, 6.45) is 2.04. The summed E-state index contributed by atoms with van der Waals surface area (Å²) in [6.45, 7) is 6.42. The Kier molecular flexibility index (Phi) is 4.15. The molecule has 0 spiro atoms. The Morgan fingerprint density at radius 2 is 1.81 bits per heavy atom. The van der Waals surface area contributed by atoms with E-state index >= 15 is 0 Å². The molecular formula is C22H21BrN2O2. The lowest BCUT2D eigenvalue weighted by atomic mass is 9.81. The van der Waals surface area contributed by atoms with Crippen LogP contribution in [-0.4, -0.2) is 15.6 Å². The van der Waals surface area contributed by atoms with E-state index in [0.717, 1.165) is 21.5 Å². The predicted molar refractivity (Wildman–Crippen MR) is 111 cm³/mol. The second-order valence-electron chi connectivity index (χ2n) is 7.93. The van der Waals surface area contributed by atoms with E-state index in [1.165, 1.54) is 6.07 Å². The minimum Gasteiger partial charge on any atom is -0.508 e. The topological polar surface area (TPSA) is 45.5 Å². The zero-order chi connectivity index (χ0) is 19.3. The van der Waals surface area contributed by atoms with Gasteiger partial charge in [0, 0.05) is 21.9 Å². The van der Waals surface area contributed by atoms with Gasteiger partial charge in [0.05, 0.1) is 17.4 Å². The van der Waals surface area contributed by atoms with E-state index in [1.807, 2.05) is 35.4 Å². The van der Waals surface area contributed by atoms with Crippen LogP contribution in [0.4, 0.5) is 5.69 Å². The number of benzene rings is 2. The molecule has 0 radical (unpaired) electrons. The van der Waals surface area contributed by atoms with Crippen LogP contribution in [0.5, 0.6) is 5.75 Å². The van der Waals surface area contributed by atoms with Crippen LogP contribution in [0.2, 0.25) is 0 Å². The zero-order valence-corrected chi connectivity index (χ0v) is 17.1. The first kappa shape index (κ1) is 17.9. The van der Waals surface area contributed by atoms with Gasteiger partial charge < -0.3 is 9.67 Å². The highest BCUT2D eigenvalue weighted by Gasteiger charge is 2.42. The third-order valence-corrected chi connectivity index (χ3v) is 5.40. The van der Waals surface area contributed by atoms with Gasteiger partial charge in [-0.2, -0.15) is 0 Å². The van der Waals surface area contributed by atoms with E-state index in [9.17, 15) is 9.90 Å². The van der Waals surface area contributed by atoms with Crippen molar-refractivity contribution in [3.8, 4) is 11.4 Å². The molecule has 1 aliphatic rings. The maximum atomic E-state index is 13.6. The van der Waals surface area contributed by atoms with Crippen molar-refractivity contribution in [2.75, 3.05) is 4.90 Å². The quantitative estimate of drug-likeness (QED) is 0.544. The van der Waals surface area contributed by atoms with Gasteiger partial charge in [0.2, 0.25) is 0 Å². The first-order valence-corrected chi connectivity index (χ1v) is 9.66. The van der Waals surface area contributed by atoms with Crippen molar-refractivity contribution in [3.05, 3.63) is 76.5 Å². The van der Waals surface area contributed by atoms with Crippen LogP contribution in [0.25, 0.3) is 5.69 Å². The number of amides is 1. The van der Waals surface area contributed by atoms with Gasteiger partial charge in [-0.25, -0.2) is 0 Å². The van der Waals surface area contributed by atoms with Crippen LogP contribution in [-0.2, 0) is 0 Å². The van der Waals surface area contributed by atoms with Crippen molar-refractivity contribution in [1.82, 2.24) is 4.57 Å². The summed E-state index contributed by atoms with van der Waals surface area (Å²) >= 11 is 3.55. The van der Waals surface area contributed by atoms with Crippen LogP contribution in [0.1, 0.15) is 42.9 Å². The van der Waals surface area contributed by atoms with Gasteiger partial charge in [-0.15, -0.1) is 0 Å². The predicted octanol–water partition coefficient (Wildman–Crippen LogP) is 5.69. The van der Waals surface area contributed by atoms with E-state index < -0.39 is 0 Å². The highest BCUT2D eigenvalue weighted by Crippen LogP contribution is 2.48. The number of phenolic OH excluding ortho intramolecular Hbond substituents is 1. The number of aromatic hydroxyl groups is 1. The van der Waals surface area contributed by atoms with Gasteiger partial charge in [0.1, 0.15) is 5.75 Å². The van der Waals surface area contributed by atoms with Crippen LogP contribution in [0, 0.1) is 5.41 Å². The molecule has 0 fully saturated rings. The second kappa shape index (κ2) is 6.27. The van der Waals surface area contributed by atoms with Crippen molar-refractivity contribution < 1.29 is 9.90 Å². The highest BCUT2D eigenvalue weighted by atomic mass is 79.9. The normalized spacial score (nSPS) is 16.0. The Bertz CT molecular complexity index is 1030. The molecule has 138 valence electrons. The average Bonchev–Trinajstić information content (AvgIpc) is 3.08. The molecule has 1 aromatic heterocycles. The number of hydrogen-bond donors (Lipinski definition) is 1. The first-order valence-electron chi connectivity index (χ1n) is 8.87. The van der Waals surface area contributed by atoms with Gasteiger partial charge >= 0.3 is 0 Å².